The van der Waals surface area contributed by atoms with Crippen LogP contribution in [0.5, 0.6) is 11.5 Å². The minimum Gasteiger partial charge on any atom is -0.457 e. The molecule has 0 aliphatic heterocycles. The largest absolute Gasteiger partial charge is 0.457 e. The molecule has 2 aromatic carbocycles. The minimum atomic E-state index is -3.57. The molecular formula is C22H30N2O5S. The fourth-order valence-electron chi connectivity index (χ4n) is 2.53. The number of carbonyl (C=O) groups excluding carboxylic acids is 1. The fourth-order valence-corrected chi connectivity index (χ4v) is 3.61. The molecule has 0 heterocycles. The average Bonchev–Trinajstić information content (AvgIpc) is 2.67. The van der Waals surface area contributed by atoms with Crippen molar-refractivity contribution in [2.75, 3.05) is 13.1 Å². The number of ether oxygens (including phenoxy) is 2. The lowest BCUT2D eigenvalue weighted by Crippen LogP contribution is -2.33. The number of benzene rings is 2. The molecule has 30 heavy (non-hydrogen) atoms. The Morgan fingerprint density at radius 3 is 2.10 bits per heavy atom. The van der Waals surface area contributed by atoms with E-state index in [9.17, 15) is 13.2 Å². The molecule has 8 heteroatoms. The van der Waals surface area contributed by atoms with Crippen molar-refractivity contribution in [1.82, 2.24) is 10.0 Å². The van der Waals surface area contributed by atoms with E-state index in [1.54, 1.807) is 12.1 Å². The van der Waals surface area contributed by atoms with E-state index in [0.29, 0.717) is 31.0 Å². The number of para-hydroxylation sites is 1. The molecule has 0 aliphatic carbocycles. The molecular weight excluding hydrogens is 404 g/mol. The predicted octanol–water partition coefficient (Wildman–Crippen LogP) is 4.45. The number of carbonyl (C=O) groups is 1. The molecule has 0 aromatic heterocycles. The van der Waals surface area contributed by atoms with Crippen molar-refractivity contribution >= 4 is 16.1 Å². The highest BCUT2D eigenvalue weighted by Crippen LogP contribution is 2.22. The second kappa shape index (κ2) is 11.0. The van der Waals surface area contributed by atoms with E-state index in [0.717, 1.165) is 12.8 Å². The van der Waals surface area contributed by atoms with Crippen molar-refractivity contribution in [3.63, 3.8) is 0 Å². The Kier molecular flexibility index (Phi) is 8.68. The average molecular weight is 435 g/mol. The van der Waals surface area contributed by atoms with E-state index in [-0.39, 0.29) is 4.90 Å². The molecule has 0 spiro atoms. The Balaban J connectivity index is 1.68. The summed E-state index contributed by atoms with van der Waals surface area (Å²) in [4.78, 5) is 11.7. The molecule has 0 radical (unpaired) electrons. The number of rotatable bonds is 10. The van der Waals surface area contributed by atoms with E-state index in [1.165, 1.54) is 12.1 Å². The van der Waals surface area contributed by atoms with Gasteiger partial charge in [-0.3, -0.25) is 0 Å². The molecule has 0 atom stereocenters. The zero-order chi connectivity index (χ0) is 22.0. The molecule has 1 amide bonds. The van der Waals surface area contributed by atoms with Crippen molar-refractivity contribution in [2.24, 2.45) is 0 Å². The van der Waals surface area contributed by atoms with Crippen LogP contribution in [0.1, 0.15) is 40.0 Å². The summed E-state index contributed by atoms with van der Waals surface area (Å²) in [5, 5.41) is 2.68. The summed E-state index contributed by atoms with van der Waals surface area (Å²) in [7, 11) is -3.57. The lowest BCUT2D eigenvalue weighted by atomic mass is 10.2. The molecule has 2 N–H and O–H groups in total. The van der Waals surface area contributed by atoms with Crippen LogP contribution in [0.4, 0.5) is 4.79 Å². The van der Waals surface area contributed by atoms with Gasteiger partial charge in [-0.05, 0) is 70.0 Å². The number of sulfonamides is 1. The first-order chi connectivity index (χ1) is 14.2. The van der Waals surface area contributed by atoms with Crippen LogP contribution in [0, 0.1) is 0 Å². The van der Waals surface area contributed by atoms with E-state index in [1.807, 2.05) is 51.1 Å². The van der Waals surface area contributed by atoms with Gasteiger partial charge in [-0.15, -0.1) is 0 Å². The monoisotopic (exact) mass is 434 g/mol. The molecule has 164 valence electrons. The van der Waals surface area contributed by atoms with Gasteiger partial charge in [0.15, 0.2) is 0 Å². The summed E-state index contributed by atoms with van der Waals surface area (Å²) in [5.41, 5.74) is -0.520. The molecule has 7 nitrogen and oxygen atoms in total. The van der Waals surface area contributed by atoms with Crippen LogP contribution in [0.15, 0.2) is 59.5 Å². The Bertz CT molecular complexity index is 891. The smallest absolute Gasteiger partial charge is 0.407 e. The third-order valence-corrected chi connectivity index (χ3v) is 5.40. The Morgan fingerprint density at radius 1 is 0.867 bits per heavy atom. The SMILES string of the molecule is CC(C)(C)OC(=O)NCCCCCNS(=O)(=O)c1ccc(Oc2ccccc2)cc1. The van der Waals surface area contributed by atoms with Gasteiger partial charge >= 0.3 is 6.09 Å². The lowest BCUT2D eigenvalue weighted by Gasteiger charge is -2.19. The van der Waals surface area contributed by atoms with Crippen molar-refractivity contribution in [2.45, 2.75) is 50.5 Å². The summed E-state index contributed by atoms with van der Waals surface area (Å²) >= 11 is 0. The first-order valence-corrected chi connectivity index (χ1v) is 11.4. The molecule has 0 saturated carbocycles. The van der Waals surface area contributed by atoms with Crippen LogP contribution in [0.25, 0.3) is 0 Å². The third-order valence-electron chi connectivity index (χ3n) is 3.93. The Morgan fingerprint density at radius 2 is 1.47 bits per heavy atom. The number of nitrogens with one attached hydrogen (secondary N) is 2. The summed E-state index contributed by atoms with van der Waals surface area (Å²) in [6, 6.07) is 15.6. The van der Waals surface area contributed by atoms with Crippen LogP contribution < -0.4 is 14.8 Å². The van der Waals surface area contributed by atoms with Crippen LogP contribution in [0.2, 0.25) is 0 Å². The van der Waals surface area contributed by atoms with Gasteiger partial charge in [-0.2, -0.15) is 0 Å². The zero-order valence-electron chi connectivity index (χ0n) is 17.7. The highest BCUT2D eigenvalue weighted by Gasteiger charge is 2.15. The Labute approximate surface area is 178 Å². The van der Waals surface area contributed by atoms with Gasteiger partial charge in [-0.1, -0.05) is 24.6 Å². The number of amides is 1. The molecule has 2 rings (SSSR count). The fraction of sp³-hybridized carbons (Fsp3) is 0.409. The summed E-state index contributed by atoms with van der Waals surface area (Å²) in [5.74, 6) is 1.25. The number of hydrogen-bond acceptors (Lipinski definition) is 5. The molecule has 0 aliphatic rings. The maximum absolute atomic E-state index is 12.4. The van der Waals surface area contributed by atoms with Gasteiger partial charge in [0.05, 0.1) is 4.90 Å². The number of alkyl carbamates (subject to hydrolysis) is 1. The first-order valence-electron chi connectivity index (χ1n) is 9.95. The van der Waals surface area contributed by atoms with Crippen molar-refractivity contribution < 1.29 is 22.7 Å². The summed E-state index contributed by atoms with van der Waals surface area (Å²) in [6.45, 7) is 6.25. The van der Waals surface area contributed by atoms with E-state index < -0.39 is 21.7 Å². The minimum absolute atomic E-state index is 0.189. The maximum atomic E-state index is 12.4. The second-order valence-corrected chi connectivity index (χ2v) is 9.54. The molecule has 2 aromatic rings. The highest BCUT2D eigenvalue weighted by molar-refractivity contribution is 7.89. The van der Waals surface area contributed by atoms with Crippen molar-refractivity contribution in [1.29, 1.82) is 0 Å². The molecule has 0 saturated heterocycles. The zero-order valence-corrected chi connectivity index (χ0v) is 18.5. The predicted molar refractivity (Wildman–Crippen MR) is 116 cm³/mol. The van der Waals surface area contributed by atoms with Crippen LogP contribution >= 0.6 is 0 Å². The topological polar surface area (TPSA) is 93.7 Å². The van der Waals surface area contributed by atoms with Gasteiger partial charge in [0.2, 0.25) is 10.0 Å². The van der Waals surface area contributed by atoms with E-state index >= 15 is 0 Å². The van der Waals surface area contributed by atoms with Crippen molar-refractivity contribution in [3.05, 3.63) is 54.6 Å². The summed E-state index contributed by atoms with van der Waals surface area (Å²) < 4.78 is 38.2. The highest BCUT2D eigenvalue weighted by atomic mass is 32.2. The van der Waals surface area contributed by atoms with Crippen LogP contribution in [-0.4, -0.2) is 33.2 Å². The van der Waals surface area contributed by atoms with Gasteiger partial charge < -0.3 is 14.8 Å². The standard InChI is InChI=1S/C22H30N2O5S/c1-22(2,3)29-21(25)23-16-8-5-9-17-24-30(26,27)20-14-12-19(13-15-20)28-18-10-6-4-7-11-18/h4,6-7,10-15,24H,5,8-9,16-17H2,1-3H3,(H,23,25). The van der Waals surface area contributed by atoms with Gasteiger partial charge in [0.25, 0.3) is 0 Å². The summed E-state index contributed by atoms with van der Waals surface area (Å²) in [6.07, 6.45) is 1.75. The first kappa shape index (κ1) is 23.7. The second-order valence-electron chi connectivity index (χ2n) is 7.77. The molecule has 0 fully saturated rings. The maximum Gasteiger partial charge on any atom is 0.407 e. The third kappa shape index (κ3) is 8.84. The van der Waals surface area contributed by atoms with Crippen molar-refractivity contribution in [3.8, 4) is 11.5 Å². The molecule has 0 unspecified atom stereocenters. The quantitative estimate of drug-likeness (QED) is 0.539. The van der Waals surface area contributed by atoms with E-state index in [2.05, 4.69) is 10.0 Å². The van der Waals surface area contributed by atoms with Gasteiger partial charge in [0, 0.05) is 13.1 Å². The normalized spacial score (nSPS) is 11.7. The lowest BCUT2D eigenvalue weighted by molar-refractivity contribution is 0.0527. The van der Waals surface area contributed by atoms with Gasteiger partial charge in [0.1, 0.15) is 17.1 Å². The Hall–Kier alpha value is -2.58. The number of unbranched alkanes of at least 4 members (excludes halogenated alkanes) is 2. The number of hydrogen-bond donors (Lipinski definition) is 2. The van der Waals surface area contributed by atoms with Crippen LogP contribution in [0.3, 0.4) is 0 Å². The van der Waals surface area contributed by atoms with E-state index in [4.69, 9.17) is 9.47 Å². The van der Waals surface area contributed by atoms with Gasteiger partial charge in [-0.25, -0.2) is 17.9 Å². The molecule has 0 bridgehead atoms. The van der Waals surface area contributed by atoms with Crippen LogP contribution in [-0.2, 0) is 14.8 Å².